The number of aliphatic hydroxyl groups excluding tert-OH is 3. The van der Waals surface area contributed by atoms with E-state index in [-0.39, 0.29) is 25.0 Å². The summed E-state index contributed by atoms with van der Waals surface area (Å²) in [6, 6.07) is 0. The van der Waals surface area contributed by atoms with Gasteiger partial charge in [-0.25, -0.2) is 0 Å². The Morgan fingerprint density at radius 3 is 2.67 bits per heavy atom. The number of nitrogens with zero attached hydrogens (tertiary/aromatic N) is 1. The van der Waals surface area contributed by atoms with Gasteiger partial charge in [0.25, 0.3) is 0 Å². The maximum Gasteiger partial charge on any atom is 0.223 e. The number of carbonyl (C=O) groups is 1. The smallest absolute Gasteiger partial charge is 0.223 e. The molecule has 2 rings (SSSR count). The Morgan fingerprint density at radius 2 is 2.05 bits per heavy atom. The van der Waals surface area contributed by atoms with Crippen LogP contribution in [0.2, 0.25) is 0 Å². The van der Waals surface area contributed by atoms with Gasteiger partial charge in [-0.2, -0.15) is 0 Å². The van der Waals surface area contributed by atoms with Crippen molar-refractivity contribution in [3.63, 3.8) is 0 Å². The minimum atomic E-state index is -2.04. The molecule has 2 aliphatic heterocycles. The van der Waals surface area contributed by atoms with Crippen molar-refractivity contribution in [2.45, 2.75) is 50.8 Å². The number of hydrogen-bond acceptors (Lipinski definition) is 6. The molecular weight excluding hydrogens is 278 g/mol. The van der Waals surface area contributed by atoms with Crippen molar-refractivity contribution in [3.05, 3.63) is 0 Å². The van der Waals surface area contributed by atoms with E-state index in [9.17, 15) is 25.2 Å². The van der Waals surface area contributed by atoms with Gasteiger partial charge in [0.15, 0.2) is 0 Å². The maximum atomic E-state index is 12.0. The molecule has 0 aromatic heterocycles. The molecule has 7 heteroatoms. The highest BCUT2D eigenvalue weighted by Gasteiger charge is 2.50. The number of amides is 1. The van der Waals surface area contributed by atoms with Crippen molar-refractivity contribution in [1.29, 1.82) is 0 Å². The van der Waals surface area contributed by atoms with Crippen LogP contribution >= 0.6 is 0 Å². The van der Waals surface area contributed by atoms with E-state index in [2.05, 4.69) is 13.8 Å². The predicted molar refractivity (Wildman–Crippen MR) is 73.1 cm³/mol. The van der Waals surface area contributed by atoms with E-state index in [1.807, 2.05) is 0 Å². The van der Waals surface area contributed by atoms with E-state index in [0.29, 0.717) is 18.9 Å². The average Bonchev–Trinajstić information content (AvgIpc) is 2.71. The lowest BCUT2D eigenvalue weighted by molar-refractivity contribution is -0.323. The van der Waals surface area contributed by atoms with E-state index in [0.717, 1.165) is 6.42 Å². The Labute approximate surface area is 124 Å². The van der Waals surface area contributed by atoms with Gasteiger partial charge >= 0.3 is 0 Å². The number of carbonyl (C=O) groups excluding carboxylic acids is 1. The largest absolute Gasteiger partial charge is 0.388 e. The van der Waals surface area contributed by atoms with Gasteiger partial charge in [0, 0.05) is 13.0 Å². The summed E-state index contributed by atoms with van der Waals surface area (Å²) in [5, 5.41) is 39.3. The first-order chi connectivity index (χ1) is 9.73. The van der Waals surface area contributed by atoms with Crippen molar-refractivity contribution in [1.82, 2.24) is 4.90 Å². The van der Waals surface area contributed by atoms with Crippen molar-refractivity contribution < 1.29 is 30.0 Å². The van der Waals surface area contributed by atoms with Crippen molar-refractivity contribution >= 4 is 5.91 Å². The molecule has 0 aromatic rings. The summed E-state index contributed by atoms with van der Waals surface area (Å²) in [6.07, 6.45) is -3.05. The third-order valence-electron chi connectivity index (χ3n) is 4.20. The summed E-state index contributed by atoms with van der Waals surface area (Å²) >= 11 is 0. The quantitative estimate of drug-likeness (QED) is 0.513. The van der Waals surface area contributed by atoms with Crippen molar-refractivity contribution in [2.75, 3.05) is 19.7 Å². The van der Waals surface area contributed by atoms with Gasteiger partial charge in [-0.3, -0.25) is 4.79 Å². The summed E-state index contributed by atoms with van der Waals surface area (Å²) in [5.74, 6) is -1.41. The molecule has 0 saturated carbocycles. The number of ether oxygens (including phenoxy) is 1. The standard InChI is InChI=1S/C14H25NO6/c1-8(2)3-9-4-11(17)15(5-9)7-14(20)13(19)12(18)10(16)6-21-14/h8-10,12-13,16,18-20H,3-7H2,1-2H3/t9-,10+,12+,13-,14+/m0/s1. The fourth-order valence-corrected chi connectivity index (χ4v) is 3.13. The number of rotatable bonds is 4. The topological polar surface area (TPSA) is 110 Å². The Bertz CT molecular complexity index is 390. The molecule has 2 aliphatic rings. The molecule has 122 valence electrons. The van der Waals surface area contributed by atoms with Crippen LogP contribution in [0.5, 0.6) is 0 Å². The molecule has 0 bridgehead atoms. The Kier molecular flexibility index (Phi) is 4.89. The zero-order valence-electron chi connectivity index (χ0n) is 12.5. The van der Waals surface area contributed by atoms with E-state index in [1.54, 1.807) is 0 Å². The normalized spacial score (nSPS) is 41.1. The molecule has 2 fully saturated rings. The van der Waals surface area contributed by atoms with E-state index in [4.69, 9.17) is 4.74 Å². The van der Waals surface area contributed by atoms with Crippen LogP contribution in [0.1, 0.15) is 26.7 Å². The van der Waals surface area contributed by atoms with Crippen LogP contribution in [-0.4, -0.2) is 75.0 Å². The van der Waals surface area contributed by atoms with E-state index >= 15 is 0 Å². The minimum absolute atomic E-state index is 0.0921. The predicted octanol–water partition coefficient (Wildman–Crippen LogP) is -1.32. The summed E-state index contributed by atoms with van der Waals surface area (Å²) in [6.45, 7) is 4.20. The summed E-state index contributed by atoms with van der Waals surface area (Å²) in [5.41, 5.74) is 0. The van der Waals surface area contributed by atoms with Crippen LogP contribution in [0.25, 0.3) is 0 Å². The SMILES string of the molecule is CC(C)C[C@H]1CC(=O)N(C[C@@]2(O)OC[C@@H](O)[C@@H](O)[C@@H]2O)C1. The molecule has 0 spiro atoms. The molecule has 21 heavy (non-hydrogen) atoms. The second-order valence-corrected chi connectivity index (χ2v) is 6.63. The molecule has 0 unspecified atom stereocenters. The van der Waals surface area contributed by atoms with Gasteiger partial charge in [0.05, 0.1) is 13.2 Å². The lowest BCUT2D eigenvalue weighted by Crippen LogP contribution is -2.64. The lowest BCUT2D eigenvalue weighted by atomic mass is 9.96. The van der Waals surface area contributed by atoms with Crippen molar-refractivity contribution in [3.8, 4) is 0 Å². The summed E-state index contributed by atoms with van der Waals surface area (Å²) in [7, 11) is 0. The van der Waals surface area contributed by atoms with Crippen LogP contribution in [0.4, 0.5) is 0 Å². The Balaban J connectivity index is 1.99. The number of hydrogen-bond donors (Lipinski definition) is 4. The Hall–Kier alpha value is -0.730. The van der Waals surface area contributed by atoms with Crippen LogP contribution in [0, 0.1) is 11.8 Å². The zero-order valence-corrected chi connectivity index (χ0v) is 12.5. The van der Waals surface area contributed by atoms with E-state index in [1.165, 1.54) is 4.90 Å². The third-order valence-corrected chi connectivity index (χ3v) is 4.20. The number of β-amino-alcohol motifs (C(OH)–C–C–N with tert-alkyl or cyclic N) is 1. The molecule has 1 amide bonds. The second-order valence-electron chi connectivity index (χ2n) is 6.63. The van der Waals surface area contributed by atoms with Gasteiger partial charge in [0.1, 0.15) is 18.3 Å². The lowest BCUT2D eigenvalue weighted by Gasteiger charge is -2.43. The van der Waals surface area contributed by atoms with E-state index < -0.39 is 24.1 Å². The van der Waals surface area contributed by atoms with Gasteiger partial charge in [-0.05, 0) is 18.3 Å². The Morgan fingerprint density at radius 1 is 1.38 bits per heavy atom. The van der Waals surface area contributed by atoms with Gasteiger partial charge in [-0.1, -0.05) is 13.8 Å². The fourth-order valence-electron chi connectivity index (χ4n) is 3.13. The van der Waals surface area contributed by atoms with Crippen LogP contribution in [0.3, 0.4) is 0 Å². The molecule has 7 nitrogen and oxygen atoms in total. The highest BCUT2D eigenvalue weighted by atomic mass is 16.6. The fraction of sp³-hybridized carbons (Fsp3) is 0.929. The zero-order chi connectivity index (χ0) is 15.8. The molecule has 2 heterocycles. The number of aliphatic hydroxyl groups is 4. The van der Waals surface area contributed by atoms with Crippen LogP contribution in [-0.2, 0) is 9.53 Å². The summed E-state index contributed by atoms with van der Waals surface area (Å²) in [4.78, 5) is 13.5. The second kappa shape index (κ2) is 6.18. The average molecular weight is 303 g/mol. The third kappa shape index (κ3) is 3.54. The summed E-state index contributed by atoms with van der Waals surface area (Å²) < 4.78 is 5.09. The molecule has 4 N–H and O–H groups in total. The van der Waals surface area contributed by atoms with Crippen LogP contribution in [0.15, 0.2) is 0 Å². The molecule has 0 aliphatic carbocycles. The van der Waals surface area contributed by atoms with Crippen molar-refractivity contribution in [2.24, 2.45) is 11.8 Å². The molecular formula is C14H25NO6. The minimum Gasteiger partial charge on any atom is -0.388 e. The first kappa shape index (κ1) is 16.6. The van der Waals surface area contributed by atoms with Gasteiger partial charge in [-0.15, -0.1) is 0 Å². The molecule has 0 aromatic carbocycles. The monoisotopic (exact) mass is 303 g/mol. The van der Waals surface area contributed by atoms with Crippen LogP contribution < -0.4 is 0 Å². The molecule has 2 saturated heterocycles. The highest BCUT2D eigenvalue weighted by Crippen LogP contribution is 2.29. The number of likely N-dealkylation sites (tertiary alicyclic amines) is 1. The first-order valence-corrected chi connectivity index (χ1v) is 7.41. The molecule has 0 radical (unpaired) electrons. The van der Waals surface area contributed by atoms with Gasteiger partial charge in [0.2, 0.25) is 11.7 Å². The maximum absolute atomic E-state index is 12.0. The highest BCUT2D eigenvalue weighted by molar-refractivity contribution is 5.78. The first-order valence-electron chi connectivity index (χ1n) is 7.41. The molecule has 5 atom stereocenters. The van der Waals surface area contributed by atoms with Gasteiger partial charge < -0.3 is 30.1 Å².